The van der Waals surface area contributed by atoms with Crippen molar-refractivity contribution < 1.29 is 4.79 Å². The molecule has 8 heteroatoms. The summed E-state index contributed by atoms with van der Waals surface area (Å²) in [6.07, 6.45) is 0. The maximum Gasteiger partial charge on any atom is 0.277 e. The Morgan fingerprint density at radius 3 is 3.07 bits per heavy atom. The summed E-state index contributed by atoms with van der Waals surface area (Å²) in [5.41, 5.74) is 1.93. The first-order chi connectivity index (χ1) is 6.75. The zero-order chi connectivity index (χ0) is 9.97. The lowest BCUT2D eigenvalue weighted by Gasteiger charge is -1.94. The average molecular weight is 210 g/mol. The molecule has 1 N–H and O–H groups in total. The topological polar surface area (TPSA) is 85.6 Å². The van der Waals surface area contributed by atoms with E-state index in [0.29, 0.717) is 5.69 Å². The first-order valence-electron chi connectivity index (χ1n) is 3.69. The Kier molecular flexibility index (Phi) is 2.19. The van der Waals surface area contributed by atoms with Crippen LogP contribution in [-0.4, -0.2) is 31.1 Å². The number of aryl methyl sites for hydroxylation is 1. The van der Waals surface area contributed by atoms with Gasteiger partial charge in [0.2, 0.25) is 0 Å². The van der Waals surface area contributed by atoms with Gasteiger partial charge in [0.15, 0.2) is 0 Å². The van der Waals surface area contributed by atoms with Crippen molar-refractivity contribution >= 4 is 23.2 Å². The molecule has 2 rings (SSSR count). The molecule has 7 nitrogen and oxygen atoms in total. The fourth-order valence-electron chi connectivity index (χ4n) is 0.824. The average Bonchev–Trinajstić information content (AvgIpc) is 2.75. The largest absolute Gasteiger partial charge is 0.286 e. The molecule has 0 saturated carbocycles. The molecule has 0 aromatic carbocycles. The van der Waals surface area contributed by atoms with Gasteiger partial charge < -0.3 is 0 Å². The van der Waals surface area contributed by atoms with Crippen LogP contribution in [0.25, 0.3) is 0 Å². The predicted octanol–water partition coefficient (Wildman–Crippen LogP) is -0.0811. The van der Waals surface area contributed by atoms with Crippen LogP contribution in [0, 0.1) is 0 Å². The van der Waals surface area contributed by atoms with Crippen LogP contribution in [0.4, 0.5) is 5.95 Å². The lowest BCUT2D eigenvalue weighted by molar-refractivity contribution is 0.102. The number of nitrogens with zero attached hydrogens (tertiary/aromatic N) is 5. The number of rotatable bonds is 2. The maximum absolute atomic E-state index is 11.4. The summed E-state index contributed by atoms with van der Waals surface area (Å²) in [5.74, 6) is -0.162. The molecule has 0 spiro atoms. The molecule has 2 aromatic rings. The van der Waals surface area contributed by atoms with E-state index in [-0.39, 0.29) is 11.9 Å². The Morgan fingerprint density at radius 1 is 1.64 bits per heavy atom. The number of carbonyl (C=O) groups excluding carboxylic acids is 1. The zero-order valence-corrected chi connectivity index (χ0v) is 8.02. The summed E-state index contributed by atoms with van der Waals surface area (Å²) >= 11 is 1.35. The van der Waals surface area contributed by atoms with E-state index in [4.69, 9.17) is 0 Å². The van der Waals surface area contributed by atoms with Gasteiger partial charge in [0.1, 0.15) is 5.69 Å². The Hall–Kier alpha value is -1.83. The van der Waals surface area contributed by atoms with Gasteiger partial charge in [-0.15, -0.1) is 16.4 Å². The summed E-state index contributed by atoms with van der Waals surface area (Å²) in [7, 11) is 1.62. The molecule has 0 atom stereocenters. The highest BCUT2D eigenvalue weighted by molar-refractivity contribution is 7.07. The number of anilines is 1. The van der Waals surface area contributed by atoms with E-state index < -0.39 is 0 Å². The molecule has 14 heavy (non-hydrogen) atoms. The molecule has 1 amide bonds. The number of carbonyl (C=O) groups is 1. The fraction of sp³-hybridized carbons (Fsp3) is 0.167. The van der Waals surface area contributed by atoms with Crippen LogP contribution in [0.3, 0.4) is 0 Å². The predicted molar refractivity (Wildman–Crippen MR) is 48.9 cm³/mol. The minimum absolute atomic E-state index is 0.172. The molecule has 0 bridgehead atoms. The first kappa shape index (κ1) is 8.75. The Labute approximate surface area is 82.8 Å². The molecule has 0 aliphatic carbocycles. The number of nitrogens with one attached hydrogen (secondary N) is 1. The lowest BCUT2D eigenvalue weighted by Crippen LogP contribution is -2.13. The van der Waals surface area contributed by atoms with Crippen LogP contribution in [-0.2, 0) is 7.05 Å². The highest BCUT2D eigenvalue weighted by Gasteiger charge is 2.10. The molecule has 0 radical (unpaired) electrons. The number of thiazole rings is 1. The SMILES string of the molecule is Cn1nnc(NC(=O)c2cscn2)n1. The van der Waals surface area contributed by atoms with Gasteiger partial charge in [0.05, 0.1) is 12.6 Å². The van der Waals surface area contributed by atoms with Gasteiger partial charge in [-0.05, 0) is 5.21 Å². The minimum Gasteiger partial charge on any atom is -0.286 e. The summed E-state index contributed by atoms with van der Waals surface area (Å²) in [6.45, 7) is 0. The Morgan fingerprint density at radius 2 is 2.50 bits per heavy atom. The van der Waals surface area contributed by atoms with Crippen molar-refractivity contribution in [3.8, 4) is 0 Å². The number of aromatic nitrogens is 5. The van der Waals surface area contributed by atoms with Crippen LogP contribution in [0.1, 0.15) is 10.5 Å². The quantitative estimate of drug-likeness (QED) is 0.749. The second-order valence-electron chi connectivity index (χ2n) is 2.43. The third-order valence-electron chi connectivity index (χ3n) is 1.40. The van der Waals surface area contributed by atoms with Crippen LogP contribution < -0.4 is 5.32 Å². The molecule has 0 unspecified atom stereocenters. The molecular weight excluding hydrogens is 204 g/mol. The smallest absolute Gasteiger partial charge is 0.277 e. The zero-order valence-electron chi connectivity index (χ0n) is 7.21. The second-order valence-corrected chi connectivity index (χ2v) is 3.15. The van der Waals surface area contributed by atoms with Gasteiger partial charge >= 0.3 is 0 Å². The summed E-state index contributed by atoms with van der Waals surface area (Å²) in [6, 6.07) is 0. The van der Waals surface area contributed by atoms with Crippen molar-refractivity contribution in [2.75, 3.05) is 5.32 Å². The van der Waals surface area contributed by atoms with Crippen molar-refractivity contribution in [1.82, 2.24) is 25.2 Å². The van der Waals surface area contributed by atoms with E-state index >= 15 is 0 Å². The van der Waals surface area contributed by atoms with E-state index in [1.54, 1.807) is 17.9 Å². The van der Waals surface area contributed by atoms with E-state index in [1.807, 2.05) is 0 Å². The molecule has 0 aliphatic heterocycles. The van der Waals surface area contributed by atoms with Crippen LogP contribution in [0.5, 0.6) is 0 Å². The van der Waals surface area contributed by atoms with E-state index in [1.165, 1.54) is 16.1 Å². The number of amides is 1. The molecule has 0 aliphatic rings. The fourth-order valence-corrected chi connectivity index (χ4v) is 1.36. The maximum atomic E-state index is 11.4. The second kappa shape index (κ2) is 3.50. The van der Waals surface area contributed by atoms with Crippen LogP contribution >= 0.6 is 11.3 Å². The van der Waals surface area contributed by atoms with Crippen molar-refractivity contribution in [3.05, 3.63) is 16.6 Å². The normalized spacial score (nSPS) is 10.1. The molecule has 2 aromatic heterocycles. The third-order valence-corrected chi connectivity index (χ3v) is 1.99. The summed E-state index contributed by atoms with van der Waals surface area (Å²) in [4.78, 5) is 16.5. The summed E-state index contributed by atoms with van der Waals surface area (Å²) < 4.78 is 0. The monoisotopic (exact) mass is 210 g/mol. The van der Waals surface area contributed by atoms with E-state index in [0.717, 1.165) is 0 Å². The number of hydrogen-bond donors (Lipinski definition) is 1. The number of hydrogen-bond acceptors (Lipinski definition) is 6. The first-order valence-corrected chi connectivity index (χ1v) is 4.63. The Bertz CT molecular complexity index is 435. The molecular formula is C6H6N6OS. The van der Waals surface area contributed by atoms with Gasteiger partial charge in [-0.3, -0.25) is 10.1 Å². The van der Waals surface area contributed by atoms with E-state index in [9.17, 15) is 4.79 Å². The lowest BCUT2D eigenvalue weighted by atomic mass is 10.5. The van der Waals surface area contributed by atoms with Gasteiger partial charge in [-0.25, -0.2) is 4.98 Å². The van der Waals surface area contributed by atoms with Crippen molar-refractivity contribution in [2.45, 2.75) is 0 Å². The molecule has 72 valence electrons. The minimum atomic E-state index is -0.334. The van der Waals surface area contributed by atoms with Gasteiger partial charge in [0, 0.05) is 5.38 Å². The molecule has 0 saturated heterocycles. The highest BCUT2D eigenvalue weighted by Crippen LogP contribution is 2.03. The van der Waals surface area contributed by atoms with Gasteiger partial charge in [0.25, 0.3) is 11.9 Å². The van der Waals surface area contributed by atoms with Crippen LogP contribution in [0.15, 0.2) is 10.9 Å². The van der Waals surface area contributed by atoms with Gasteiger partial charge in [-0.2, -0.15) is 4.80 Å². The highest BCUT2D eigenvalue weighted by atomic mass is 32.1. The van der Waals surface area contributed by atoms with Crippen molar-refractivity contribution in [3.63, 3.8) is 0 Å². The molecule has 0 fully saturated rings. The summed E-state index contributed by atoms with van der Waals surface area (Å²) in [5, 5.41) is 15.1. The van der Waals surface area contributed by atoms with Crippen LogP contribution in [0.2, 0.25) is 0 Å². The van der Waals surface area contributed by atoms with Gasteiger partial charge in [-0.1, -0.05) is 5.10 Å². The van der Waals surface area contributed by atoms with Crippen molar-refractivity contribution in [2.24, 2.45) is 7.05 Å². The van der Waals surface area contributed by atoms with Crippen molar-refractivity contribution in [1.29, 1.82) is 0 Å². The number of tetrazole rings is 1. The standard InChI is InChI=1S/C6H6N6OS/c1-12-10-6(9-11-12)8-5(13)4-2-14-3-7-4/h2-3H,1H3,(H,8,10,13). The molecule has 2 heterocycles. The van der Waals surface area contributed by atoms with E-state index in [2.05, 4.69) is 25.7 Å². The Balaban J connectivity index is 2.09. The third kappa shape index (κ3) is 1.74.